The molecule has 0 aromatic heterocycles. The number of hydrogen-bond acceptors (Lipinski definition) is 4. The minimum atomic E-state index is -0.245. The molecule has 2 aromatic rings. The molecule has 0 aliphatic carbocycles. The van der Waals surface area contributed by atoms with Crippen molar-refractivity contribution in [3.63, 3.8) is 0 Å². The van der Waals surface area contributed by atoms with E-state index in [-0.39, 0.29) is 11.4 Å². The van der Waals surface area contributed by atoms with Crippen molar-refractivity contribution < 1.29 is 14.4 Å². The lowest BCUT2D eigenvalue weighted by Gasteiger charge is -2.16. The standard InChI is InChI=1S/C20H25NO3/c1-20(2,3)13-19(22)24-21-14-16-9-11-18(12-10-16)23-15-17-7-5-4-6-8-17/h4-12,21H,13-15H2,1-3H3. The predicted molar refractivity (Wildman–Crippen MR) is 94.2 cm³/mol. The number of carbonyl (C=O) groups is 1. The molecule has 0 saturated carbocycles. The molecule has 1 N–H and O–H groups in total. The van der Waals surface area contributed by atoms with Gasteiger partial charge in [-0.15, -0.1) is 5.48 Å². The highest BCUT2D eigenvalue weighted by atomic mass is 16.7. The fourth-order valence-corrected chi connectivity index (χ4v) is 2.11. The summed E-state index contributed by atoms with van der Waals surface area (Å²) in [4.78, 5) is 16.7. The predicted octanol–water partition coefficient (Wildman–Crippen LogP) is 4.25. The number of rotatable bonds is 7. The Morgan fingerprint density at radius 3 is 2.25 bits per heavy atom. The summed E-state index contributed by atoms with van der Waals surface area (Å²) in [5.41, 5.74) is 4.79. The van der Waals surface area contributed by atoms with E-state index in [1.54, 1.807) is 0 Å². The van der Waals surface area contributed by atoms with Gasteiger partial charge in [0.1, 0.15) is 12.4 Å². The van der Waals surface area contributed by atoms with Crippen molar-refractivity contribution in [2.75, 3.05) is 0 Å². The van der Waals surface area contributed by atoms with E-state index < -0.39 is 0 Å². The maximum Gasteiger partial charge on any atom is 0.325 e. The van der Waals surface area contributed by atoms with E-state index in [0.717, 1.165) is 16.9 Å². The molecule has 0 aliphatic heterocycles. The highest BCUT2D eigenvalue weighted by molar-refractivity contribution is 5.69. The zero-order valence-corrected chi connectivity index (χ0v) is 14.5. The Bertz CT molecular complexity index is 630. The third kappa shape index (κ3) is 6.84. The lowest BCUT2D eigenvalue weighted by atomic mass is 9.93. The Balaban J connectivity index is 1.73. The Morgan fingerprint density at radius 2 is 1.62 bits per heavy atom. The molecule has 0 heterocycles. The molecule has 0 amide bonds. The summed E-state index contributed by atoms with van der Waals surface area (Å²) in [7, 11) is 0. The molecule has 0 saturated heterocycles. The first-order chi connectivity index (χ1) is 11.4. The van der Waals surface area contributed by atoms with Crippen molar-refractivity contribution in [3.8, 4) is 5.75 Å². The quantitative estimate of drug-likeness (QED) is 0.772. The maximum atomic E-state index is 11.6. The molecule has 0 radical (unpaired) electrons. The van der Waals surface area contributed by atoms with Gasteiger partial charge in [-0.05, 0) is 28.7 Å². The zero-order valence-electron chi connectivity index (χ0n) is 14.5. The van der Waals surface area contributed by atoms with E-state index in [9.17, 15) is 4.79 Å². The molecule has 4 heteroatoms. The van der Waals surface area contributed by atoms with Gasteiger partial charge in [-0.25, -0.2) is 0 Å². The number of ether oxygens (including phenoxy) is 1. The molecule has 0 atom stereocenters. The van der Waals surface area contributed by atoms with Crippen molar-refractivity contribution in [1.82, 2.24) is 5.48 Å². The molecule has 0 spiro atoms. The largest absolute Gasteiger partial charge is 0.489 e. The normalized spacial score (nSPS) is 11.1. The van der Waals surface area contributed by atoms with Crippen LogP contribution < -0.4 is 10.2 Å². The van der Waals surface area contributed by atoms with Gasteiger partial charge in [0.05, 0.1) is 13.0 Å². The molecule has 24 heavy (non-hydrogen) atoms. The van der Waals surface area contributed by atoms with Gasteiger partial charge in [0.25, 0.3) is 0 Å². The van der Waals surface area contributed by atoms with E-state index in [1.165, 1.54) is 0 Å². The Morgan fingerprint density at radius 1 is 0.958 bits per heavy atom. The lowest BCUT2D eigenvalue weighted by molar-refractivity contribution is -0.153. The average Bonchev–Trinajstić information content (AvgIpc) is 2.53. The van der Waals surface area contributed by atoms with Crippen LogP contribution in [0.3, 0.4) is 0 Å². The van der Waals surface area contributed by atoms with Gasteiger partial charge in [-0.3, -0.25) is 4.79 Å². The van der Waals surface area contributed by atoms with Crippen molar-refractivity contribution >= 4 is 5.97 Å². The number of benzene rings is 2. The number of hydroxylamine groups is 1. The molecule has 0 fully saturated rings. The van der Waals surface area contributed by atoms with Crippen molar-refractivity contribution in [2.24, 2.45) is 5.41 Å². The Hall–Kier alpha value is -2.33. The van der Waals surface area contributed by atoms with Gasteiger partial charge < -0.3 is 9.57 Å². The van der Waals surface area contributed by atoms with E-state index in [0.29, 0.717) is 19.6 Å². The Labute approximate surface area is 143 Å². The van der Waals surface area contributed by atoms with Crippen LogP contribution in [0.25, 0.3) is 0 Å². The van der Waals surface area contributed by atoms with Crippen molar-refractivity contribution in [2.45, 2.75) is 40.3 Å². The molecular weight excluding hydrogens is 302 g/mol. The Kier molecular flexibility index (Phi) is 6.38. The molecule has 4 nitrogen and oxygen atoms in total. The second kappa shape index (κ2) is 8.50. The fourth-order valence-electron chi connectivity index (χ4n) is 2.11. The van der Waals surface area contributed by atoms with E-state index in [1.807, 2.05) is 75.4 Å². The lowest BCUT2D eigenvalue weighted by Crippen LogP contribution is -2.23. The second-order valence-corrected chi connectivity index (χ2v) is 6.95. The molecule has 2 aromatic carbocycles. The van der Waals surface area contributed by atoms with Crippen molar-refractivity contribution in [1.29, 1.82) is 0 Å². The number of hydrogen-bond donors (Lipinski definition) is 1. The third-order valence-electron chi connectivity index (χ3n) is 3.31. The maximum absolute atomic E-state index is 11.6. The fraction of sp³-hybridized carbons (Fsp3) is 0.350. The first-order valence-corrected chi connectivity index (χ1v) is 8.10. The van der Waals surface area contributed by atoms with E-state index in [4.69, 9.17) is 9.57 Å². The van der Waals surface area contributed by atoms with Crippen LogP contribution in [-0.4, -0.2) is 5.97 Å². The van der Waals surface area contributed by atoms with Crippen LogP contribution in [-0.2, 0) is 22.8 Å². The zero-order chi connectivity index (χ0) is 17.4. The summed E-state index contributed by atoms with van der Waals surface area (Å²) in [5.74, 6) is 0.567. The molecule has 0 unspecified atom stereocenters. The molecular formula is C20H25NO3. The average molecular weight is 327 g/mol. The van der Waals surface area contributed by atoms with Crippen LogP contribution in [0.4, 0.5) is 0 Å². The number of carbonyl (C=O) groups excluding carboxylic acids is 1. The summed E-state index contributed by atoms with van der Waals surface area (Å²) in [6.45, 7) is 7.02. The van der Waals surface area contributed by atoms with E-state index in [2.05, 4.69) is 5.48 Å². The summed E-state index contributed by atoms with van der Waals surface area (Å²) >= 11 is 0. The van der Waals surface area contributed by atoms with Crippen LogP contribution in [0.2, 0.25) is 0 Å². The highest BCUT2D eigenvalue weighted by Crippen LogP contribution is 2.18. The first-order valence-electron chi connectivity index (χ1n) is 8.10. The summed E-state index contributed by atoms with van der Waals surface area (Å²) in [5, 5.41) is 0. The van der Waals surface area contributed by atoms with Crippen LogP contribution in [0.1, 0.15) is 38.3 Å². The molecule has 128 valence electrons. The monoisotopic (exact) mass is 327 g/mol. The van der Waals surface area contributed by atoms with Gasteiger partial charge >= 0.3 is 5.97 Å². The number of nitrogens with one attached hydrogen (secondary N) is 1. The molecule has 0 bridgehead atoms. The molecule has 2 rings (SSSR count). The van der Waals surface area contributed by atoms with Gasteiger partial charge in [-0.1, -0.05) is 63.2 Å². The summed E-state index contributed by atoms with van der Waals surface area (Å²) in [6.07, 6.45) is 0.381. The van der Waals surface area contributed by atoms with Gasteiger partial charge in [0.15, 0.2) is 0 Å². The summed E-state index contributed by atoms with van der Waals surface area (Å²) < 4.78 is 5.74. The van der Waals surface area contributed by atoms with Gasteiger partial charge in [0.2, 0.25) is 0 Å². The van der Waals surface area contributed by atoms with Crippen LogP contribution in [0.5, 0.6) is 5.75 Å². The van der Waals surface area contributed by atoms with Crippen LogP contribution in [0.15, 0.2) is 54.6 Å². The second-order valence-electron chi connectivity index (χ2n) is 6.95. The first kappa shape index (κ1) is 18.0. The van der Waals surface area contributed by atoms with Crippen LogP contribution in [0, 0.1) is 5.41 Å². The summed E-state index contributed by atoms with van der Waals surface area (Å²) in [6, 6.07) is 17.8. The minimum absolute atomic E-state index is 0.0729. The smallest absolute Gasteiger partial charge is 0.325 e. The third-order valence-corrected chi connectivity index (χ3v) is 3.31. The van der Waals surface area contributed by atoms with Gasteiger partial charge in [0, 0.05) is 0 Å². The minimum Gasteiger partial charge on any atom is -0.489 e. The van der Waals surface area contributed by atoms with E-state index >= 15 is 0 Å². The van der Waals surface area contributed by atoms with Crippen molar-refractivity contribution in [3.05, 3.63) is 65.7 Å². The van der Waals surface area contributed by atoms with Crippen LogP contribution >= 0.6 is 0 Å². The molecule has 0 aliphatic rings. The SMILES string of the molecule is CC(C)(C)CC(=O)ONCc1ccc(OCc2ccccc2)cc1. The highest BCUT2D eigenvalue weighted by Gasteiger charge is 2.17. The van der Waals surface area contributed by atoms with Gasteiger partial charge in [-0.2, -0.15) is 0 Å². The topological polar surface area (TPSA) is 47.6 Å².